The zero-order chi connectivity index (χ0) is 15.1. The summed E-state index contributed by atoms with van der Waals surface area (Å²) in [6.45, 7) is 9.05. The van der Waals surface area contributed by atoms with Crippen molar-refractivity contribution in [1.29, 1.82) is 0 Å². The van der Waals surface area contributed by atoms with Crippen molar-refractivity contribution in [1.82, 2.24) is 4.90 Å². The van der Waals surface area contributed by atoms with Crippen molar-refractivity contribution in [3.05, 3.63) is 35.1 Å². The summed E-state index contributed by atoms with van der Waals surface area (Å²) in [6, 6.07) is 5.06. The summed E-state index contributed by atoms with van der Waals surface area (Å²) in [7, 11) is 0. The number of rotatable bonds is 2. The molecule has 0 spiro atoms. The number of nitrogens with zero attached hydrogens (tertiary/aromatic N) is 1. The molecule has 1 heterocycles. The van der Waals surface area contributed by atoms with Crippen LogP contribution in [0.5, 0.6) is 0 Å². The summed E-state index contributed by atoms with van der Waals surface area (Å²) in [5.74, 6) is -1.97. The maximum absolute atomic E-state index is 14.2. The molecule has 1 aliphatic heterocycles. The number of hydrogen-bond donors (Lipinski definition) is 1. The van der Waals surface area contributed by atoms with E-state index < -0.39 is 11.9 Å². The van der Waals surface area contributed by atoms with Crippen LogP contribution in [0.3, 0.4) is 0 Å². The van der Waals surface area contributed by atoms with Crippen LogP contribution < -0.4 is 0 Å². The molecular weight excluding hydrogens is 257 g/mol. The number of benzene rings is 1. The standard InChI is InChI=1S/C16H22FNO2/c1-10-5-6-11(14(17)7-10)12-8-18(16(2,3)4)9-13(12)15(19)20/h5-7,12-13H,8-9H2,1-4H3,(H,19,20)/t12-,13?/m0/s1. The van der Waals surface area contributed by atoms with Crippen LogP contribution in [0.2, 0.25) is 0 Å². The Morgan fingerprint density at radius 1 is 1.35 bits per heavy atom. The summed E-state index contributed by atoms with van der Waals surface area (Å²) in [5, 5.41) is 9.42. The molecule has 110 valence electrons. The number of aryl methyl sites for hydroxylation is 1. The Labute approximate surface area is 119 Å². The molecule has 2 atom stereocenters. The van der Waals surface area contributed by atoms with Gasteiger partial charge >= 0.3 is 5.97 Å². The molecular formula is C16H22FNO2. The minimum absolute atomic E-state index is 0.108. The second-order valence-corrected chi connectivity index (χ2v) is 6.65. The van der Waals surface area contributed by atoms with Crippen LogP contribution >= 0.6 is 0 Å². The average Bonchev–Trinajstić information content (AvgIpc) is 2.73. The lowest BCUT2D eigenvalue weighted by Crippen LogP contribution is -2.40. The van der Waals surface area contributed by atoms with Gasteiger partial charge in [0.25, 0.3) is 0 Å². The van der Waals surface area contributed by atoms with Gasteiger partial charge in [0, 0.05) is 24.5 Å². The lowest BCUT2D eigenvalue weighted by Gasteiger charge is -2.31. The molecule has 0 amide bonds. The first kappa shape index (κ1) is 15.0. The fraction of sp³-hybridized carbons (Fsp3) is 0.562. The summed E-state index contributed by atoms with van der Waals surface area (Å²) < 4.78 is 14.2. The van der Waals surface area contributed by atoms with E-state index in [1.807, 2.05) is 13.0 Å². The molecule has 0 radical (unpaired) electrons. The van der Waals surface area contributed by atoms with Crippen LogP contribution in [0, 0.1) is 18.7 Å². The second kappa shape index (κ2) is 5.17. The molecule has 20 heavy (non-hydrogen) atoms. The van der Waals surface area contributed by atoms with Crippen molar-refractivity contribution in [2.75, 3.05) is 13.1 Å². The molecule has 1 unspecified atom stereocenters. The van der Waals surface area contributed by atoms with Gasteiger partial charge in [0.15, 0.2) is 0 Å². The van der Waals surface area contributed by atoms with Gasteiger partial charge in [-0.1, -0.05) is 12.1 Å². The van der Waals surface area contributed by atoms with Crippen LogP contribution in [-0.2, 0) is 4.79 Å². The number of carboxylic acid groups (broad SMARTS) is 1. The predicted molar refractivity (Wildman–Crippen MR) is 76.3 cm³/mol. The van der Waals surface area contributed by atoms with Crippen LogP contribution in [0.25, 0.3) is 0 Å². The molecule has 0 bridgehead atoms. The Hall–Kier alpha value is -1.42. The molecule has 1 aromatic carbocycles. The van der Waals surface area contributed by atoms with Gasteiger partial charge in [-0.05, 0) is 44.9 Å². The van der Waals surface area contributed by atoms with Crippen LogP contribution in [0.15, 0.2) is 18.2 Å². The molecule has 1 aromatic rings. The van der Waals surface area contributed by atoms with Crippen molar-refractivity contribution in [3.63, 3.8) is 0 Å². The molecule has 0 aromatic heterocycles. The SMILES string of the molecule is Cc1ccc([C@@H]2CN(C(C)(C)C)CC2C(=O)O)c(F)c1. The summed E-state index contributed by atoms with van der Waals surface area (Å²) >= 11 is 0. The van der Waals surface area contributed by atoms with E-state index in [1.165, 1.54) is 6.07 Å². The molecule has 1 aliphatic rings. The molecule has 0 aliphatic carbocycles. The van der Waals surface area contributed by atoms with Gasteiger partial charge in [-0.25, -0.2) is 4.39 Å². The van der Waals surface area contributed by atoms with E-state index in [1.54, 1.807) is 6.07 Å². The average molecular weight is 279 g/mol. The van der Waals surface area contributed by atoms with E-state index in [-0.39, 0.29) is 17.3 Å². The molecule has 4 heteroatoms. The lowest BCUT2D eigenvalue weighted by molar-refractivity contribution is -0.141. The minimum atomic E-state index is -0.846. The fourth-order valence-electron chi connectivity index (χ4n) is 2.85. The molecule has 2 rings (SSSR count). The van der Waals surface area contributed by atoms with Gasteiger partial charge in [-0.15, -0.1) is 0 Å². The van der Waals surface area contributed by atoms with Gasteiger partial charge in [0.05, 0.1) is 5.92 Å². The van der Waals surface area contributed by atoms with E-state index in [0.29, 0.717) is 18.7 Å². The smallest absolute Gasteiger partial charge is 0.308 e. The highest BCUT2D eigenvalue weighted by atomic mass is 19.1. The predicted octanol–water partition coefficient (Wildman–Crippen LogP) is 3.03. The van der Waals surface area contributed by atoms with Crippen LogP contribution in [-0.4, -0.2) is 34.6 Å². The van der Waals surface area contributed by atoms with Crippen molar-refractivity contribution in [2.45, 2.75) is 39.2 Å². The van der Waals surface area contributed by atoms with E-state index >= 15 is 0 Å². The van der Waals surface area contributed by atoms with Crippen molar-refractivity contribution in [2.24, 2.45) is 5.92 Å². The first-order valence-corrected chi connectivity index (χ1v) is 6.94. The topological polar surface area (TPSA) is 40.5 Å². The monoisotopic (exact) mass is 279 g/mol. The highest BCUT2D eigenvalue weighted by Gasteiger charge is 2.42. The fourth-order valence-corrected chi connectivity index (χ4v) is 2.85. The van der Waals surface area contributed by atoms with Gasteiger partial charge in [0.2, 0.25) is 0 Å². The Bertz CT molecular complexity index is 522. The third-order valence-corrected chi connectivity index (χ3v) is 4.14. The highest BCUT2D eigenvalue weighted by molar-refractivity contribution is 5.72. The van der Waals surface area contributed by atoms with Crippen LogP contribution in [0.4, 0.5) is 4.39 Å². The van der Waals surface area contributed by atoms with E-state index in [4.69, 9.17) is 0 Å². The maximum atomic E-state index is 14.2. The molecule has 0 saturated carbocycles. The van der Waals surface area contributed by atoms with Crippen molar-refractivity contribution < 1.29 is 14.3 Å². The van der Waals surface area contributed by atoms with E-state index in [0.717, 1.165) is 5.56 Å². The Morgan fingerprint density at radius 3 is 2.50 bits per heavy atom. The first-order chi connectivity index (χ1) is 9.20. The number of hydrogen-bond acceptors (Lipinski definition) is 2. The molecule has 1 fully saturated rings. The highest BCUT2D eigenvalue weighted by Crippen LogP contribution is 2.37. The van der Waals surface area contributed by atoms with Gasteiger partial charge in [-0.2, -0.15) is 0 Å². The van der Waals surface area contributed by atoms with Gasteiger partial charge in [0.1, 0.15) is 5.82 Å². The van der Waals surface area contributed by atoms with Crippen molar-refractivity contribution in [3.8, 4) is 0 Å². The molecule has 1 saturated heterocycles. The van der Waals surface area contributed by atoms with E-state index in [2.05, 4.69) is 25.7 Å². The third-order valence-electron chi connectivity index (χ3n) is 4.14. The van der Waals surface area contributed by atoms with Crippen LogP contribution in [0.1, 0.15) is 37.8 Å². The number of carboxylic acids is 1. The second-order valence-electron chi connectivity index (χ2n) is 6.65. The summed E-state index contributed by atoms with van der Waals surface area (Å²) in [6.07, 6.45) is 0. The quantitative estimate of drug-likeness (QED) is 0.904. The third kappa shape index (κ3) is 2.85. The largest absolute Gasteiger partial charge is 0.481 e. The molecule has 1 N–H and O–H groups in total. The Kier molecular flexibility index (Phi) is 3.87. The number of halogens is 1. The first-order valence-electron chi connectivity index (χ1n) is 6.94. The normalized spacial score (nSPS) is 24.1. The maximum Gasteiger partial charge on any atom is 0.308 e. The zero-order valence-corrected chi connectivity index (χ0v) is 12.5. The van der Waals surface area contributed by atoms with Gasteiger partial charge in [-0.3, -0.25) is 9.69 Å². The zero-order valence-electron chi connectivity index (χ0n) is 12.5. The Morgan fingerprint density at radius 2 is 2.00 bits per heavy atom. The van der Waals surface area contributed by atoms with Gasteiger partial charge < -0.3 is 5.11 Å². The summed E-state index contributed by atoms with van der Waals surface area (Å²) in [5.41, 5.74) is 1.27. The van der Waals surface area contributed by atoms with Crippen molar-refractivity contribution >= 4 is 5.97 Å². The van der Waals surface area contributed by atoms with E-state index in [9.17, 15) is 14.3 Å². The molecule has 3 nitrogen and oxygen atoms in total. The number of likely N-dealkylation sites (tertiary alicyclic amines) is 1. The lowest BCUT2D eigenvalue weighted by atomic mass is 9.88. The number of carbonyl (C=O) groups is 1. The Balaban J connectivity index is 2.35. The summed E-state index contributed by atoms with van der Waals surface area (Å²) in [4.78, 5) is 13.6. The number of aliphatic carboxylic acids is 1. The minimum Gasteiger partial charge on any atom is -0.481 e.